The van der Waals surface area contributed by atoms with Crippen LogP contribution in [0.2, 0.25) is 10.0 Å². The monoisotopic (exact) mass is 418 g/mol. The van der Waals surface area contributed by atoms with Gasteiger partial charge in [0.25, 0.3) is 5.91 Å². The van der Waals surface area contributed by atoms with Crippen molar-refractivity contribution in [3.05, 3.63) is 85.5 Å². The molecule has 1 unspecified atom stereocenters. The number of nitrogens with zero attached hydrogens (tertiary/aromatic N) is 1. The maximum Gasteiger partial charge on any atom is 0.335 e. The summed E-state index contributed by atoms with van der Waals surface area (Å²) in [5.41, 5.74) is 6.12. The minimum atomic E-state index is -0.984. The zero-order chi connectivity index (χ0) is 19.1. The lowest BCUT2D eigenvalue weighted by atomic mass is 10.0. The molecule has 4 rings (SSSR count). The van der Waals surface area contributed by atoms with Crippen molar-refractivity contribution in [1.82, 2.24) is 5.43 Å². The van der Waals surface area contributed by atoms with Crippen LogP contribution in [0.15, 0.2) is 53.2 Å². The Bertz CT molecular complexity index is 1030. The maximum atomic E-state index is 13.1. The highest BCUT2D eigenvalue weighted by Crippen LogP contribution is 2.41. The van der Waals surface area contributed by atoms with Gasteiger partial charge in [0.1, 0.15) is 0 Å². The Morgan fingerprint density at radius 2 is 1.70 bits per heavy atom. The van der Waals surface area contributed by atoms with Gasteiger partial charge >= 0.3 is 5.97 Å². The molecule has 0 saturated heterocycles. The van der Waals surface area contributed by atoms with Crippen LogP contribution in [0.1, 0.15) is 37.9 Å². The number of rotatable bonds is 3. The lowest BCUT2D eigenvalue weighted by Crippen LogP contribution is -2.40. The zero-order valence-electron chi connectivity index (χ0n) is 13.6. The van der Waals surface area contributed by atoms with Crippen molar-refractivity contribution >= 4 is 52.1 Å². The molecule has 0 bridgehead atoms. The molecule has 27 heavy (non-hydrogen) atoms. The van der Waals surface area contributed by atoms with E-state index in [0.717, 1.165) is 16.8 Å². The molecule has 2 heterocycles. The number of hydrogen-bond acceptors (Lipinski definition) is 4. The fourth-order valence-corrected chi connectivity index (χ4v) is 4.42. The summed E-state index contributed by atoms with van der Waals surface area (Å²) in [6.45, 7) is 0. The predicted molar refractivity (Wildman–Crippen MR) is 106 cm³/mol. The standard InChI is InChI=1S/C19H12Cl2N2O3S/c20-13-2-1-3-14(21)16(13)18(24)23-15-9-27-8-12(15)17(22-23)10-4-6-11(7-5-10)19(25)26/h1-9,17,22H,(H,25,26). The Kier molecular flexibility index (Phi) is 4.65. The second-order valence-electron chi connectivity index (χ2n) is 5.94. The summed E-state index contributed by atoms with van der Waals surface area (Å²) in [6.07, 6.45) is 0. The van der Waals surface area contributed by atoms with E-state index in [9.17, 15) is 9.59 Å². The van der Waals surface area contributed by atoms with Crippen molar-refractivity contribution in [2.75, 3.05) is 5.01 Å². The van der Waals surface area contributed by atoms with E-state index < -0.39 is 5.97 Å². The Morgan fingerprint density at radius 1 is 1.04 bits per heavy atom. The first-order valence-corrected chi connectivity index (χ1v) is 9.61. The highest BCUT2D eigenvalue weighted by Gasteiger charge is 2.35. The van der Waals surface area contributed by atoms with Crippen LogP contribution in [0.25, 0.3) is 0 Å². The number of halogens is 2. The fourth-order valence-electron chi connectivity index (χ4n) is 3.02. The van der Waals surface area contributed by atoms with Gasteiger partial charge in [0, 0.05) is 10.9 Å². The maximum absolute atomic E-state index is 13.1. The first-order valence-electron chi connectivity index (χ1n) is 7.91. The molecule has 0 saturated carbocycles. The van der Waals surface area contributed by atoms with Crippen LogP contribution in [0.3, 0.4) is 0 Å². The molecule has 0 aliphatic carbocycles. The number of amides is 1. The molecule has 3 aromatic rings. The van der Waals surface area contributed by atoms with Gasteiger partial charge in [-0.3, -0.25) is 4.79 Å². The number of carboxylic acid groups (broad SMARTS) is 1. The molecule has 0 radical (unpaired) electrons. The summed E-state index contributed by atoms with van der Waals surface area (Å²) in [5.74, 6) is -1.34. The minimum Gasteiger partial charge on any atom is -0.478 e. The van der Waals surface area contributed by atoms with E-state index in [4.69, 9.17) is 28.3 Å². The number of fused-ring (bicyclic) bond motifs is 1. The van der Waals surface area contributed by atoms with Gasteiger partial charge in [-0.05, 0) is 35.2 Å². The number of carbonyl (C=O) groups is 2. The van der Waals surface area contributed by atoms with Gasteiger partial charge < -0.3 is 5.11 Å². The van der Waals surface area contributed by atoms with Gasteiger partial charge in [-0.1, -0.05) is 41.4 Å². The summed E-state index contributed by atoms with van der Waals surface area (Å²) in [6, 6.07) is 11.2. The van der Waals surface area contributed by atoms with E-state index in [-0.39, 0.29) is 33.1 Å². The third-order valence-corrected chi connectivity index (χ3v) is 5.73. The Morgan fingerprint density at radius 3 is 2.33 bits per heavy atom. The van der Waals surface area contributed by atoms with E-state index in [2.05, 4.69) is 5.43 Å². The second-order valence-corrected chi connectivity index (χ2v) is 7.50. The smallest absolute Gasteiger partial charge is 0.335 e. The van der Waals surface area contributed by atoms with Crippen molar-refractivity contribution in [1.29, 1.82) is 0 Å². The van der Waals surface area contributed by atoms with Gasteiger partial charge in [-0.2, -0.15) is 0 Å². The number of carbonyl (C=O) groups excluding carboxylic acids is 1. The first kappa shape index (κ1) is 18.0. The molecule has 8 heteroatoms. The molecule has 2 N–H and O–H groups in total. The summed E-state index contributed by atoms with van der Waals surface area (Å²) in [5, 5.41) is 14.9. The van der Waals surface area contributed by atoms with Crippen molar-refractivity contribution in [3.63, 3.8) is 0 Å². The minimum absolute atomic E-state index is 0.207. The van der Waals surface area contributed by atoms with Gasteiger partial charge in [0.2, 0.25) is 0 Å². The summed E-state index contributed by atoms with van der Waals surface area (Å²) < 4.78 is 0. The van der Waals surface area contributed by atoms with E-state index in [0.29, 0.717) is 0 Å². The molecule has 1 amide bonds. The predicted octanol–water partition coefficient (Wildman–Crippen LogP) is 5.01. The van der Waals surface area contributed by atoms with Gasteiger partial charge in [0.05, 0.1) is 32.9 Å². The highest BCUT2D eigenvalue weighted by atomic mass is 35.5. The fraction of sp³-hybridized carbons (Fsp3) is 0.0526. The Hall–Kier alpha value is -2.38. The largest absolute Gasteiger partial charge is 0.478 e. The van der Waals surface area contributed by atoms with Crippen molar-refractivity contribution in [2.45, 2.75) is 6.04 Å². The van der Waals surface area contributed by atoms with E-state index in [1.807, 2.05) is 10.8 Å². The van der Waals surface area contributed by atoms with Crippen LogP contribution in [-0.4, -0.2) is 17.0 Å². The van der Waals surface area contributed by atoms with E-state index in [1.54, 1.807) is 42.5 Å². The third kappa shape index (κ3) is 3.11. The summed E-state index contributed by atoms with van der Waals surface area (Å²) in [4.78, 5) is 24.2. The number of benzene rings is 2. The third-order valence-electron chi connectivity index (χ3n) is 4.35. The van der Waals surface area contributed by atoms with Gasteiger partial charge in [-0.25, -0.2) is 15.2 Å². The lowest BCUT2D eigenvalue weighted by Gasteiger charge is -2.20. The van der Waals surface area contributed by atoms with E-state index >= 15 is 0 Å². The van der Waals surface area contributed by atoms with Gasteiger partial charge in [-0.15, -0.1) is 11.3 Å². The average molecular weight is 419 g/mol. The average Bonchev–Trinajstić information content (AvgIpc) is 3.24. The van der Waals surface area contributed by atoms with Crippen LogP contribution in [0.5, 0.6) is 0 Å². The molecule has 1 aliphatic heterocycles. The SMILES string of the molecule is O=C(O)c1ccc(C2NN(C(=O)c3c(Cl)cccc3Cl)c3cscc32)cc1. The van der Waals surface area contributed by atoms with Crippen LogP contribution in [0.4, 0.5) is 5.69 Å². The zero-order valence-corrected chi connectivity index (χ0v) is 16.0. The number of thiophene rings is 1. The molecule has 5 nitrogen and oxygen atoms in total. The lowest BCUT2D eigenvalue weighted by molar-refractivity contribution is 0.0696. The van der Waals surface area contributed by atoms with Crippen molar-refractivity contribution in [3.8, 4) is 0 Å². The Labute approximate surface area is 168 Å². The molecular formula is C19H12Cl2N2O3S. The molecule has 136 valence electrons. The number of anilines is 1. The van der Waals surface area contributed by atoms with Crippen LogP contribution < -0.4 is 10.4 Å². The number of hydrazine groups is 1. The van der Waals surface area contributed by atoms with Crippen molar-refractivity contribution < 1.29 is 14.7 Å². The number of nitrogens with one attached hydrogen (secondary N) is 1. The highest BCUT2D eigenvalue weighted by molar-refractivity contribution is 7.08. The van der Waals surface area contributed by atoms with E-state index in [1.165, 1.54) is 16.3 Å². The quantitative estimate of drug-likeness (QED) is 0.627. The van der Waals surface area contributed by atoms with Crippen molar-refractivity contribution in [2.24, 2.45) is 0 Å². The topological polar surface area (TPSA) is 69.6 Å². The van der Waals surface area contributed by atoms with Crippen LogP contribution >= 0.6 is 34.5 Å². The number of aromatic carboxylic acids is 1. The molecule has 1 atom stereocenters. The first-order chi connectivity index (χ1) is 13.0. The molecular weight excluding hydrogens is 407 g/mol. The molecule has 1 aromatic heterocycles. The summed E-state index contributed by atoms with van der Waals surface area (Å²) >= 11 is 13.9. The van der Waals surface area contributed by atoms with Crippen LogP contribution in [0, 0.1) is 0 Å². The summed E-state index contributed by atoms with van der Waals surface area (Å²) in [7, 11) is 0. The van der Waals surface area contributed by atoms with Gasteiger partial charge in [0.15, 0.2) is 0 Å². The molecule has 0 spiro atoms. The Balaban J connectivity index is 1.70. The molecule has 2 aromatic carbocycles. The molecule has 0 fully saturated rings. The second kappa shape index (κ2) is 6.98. The number of carboxylic acids is 1. The number of hydrogen-bond donors (Lipinski definition) is 2. The normalized spacial score (nSPS) is 15.6. The van der Waals surface area contributed by atoms with Crippen LogP contribution in [-0.2, 0) is 0 Å². The molecule has 1 aliphatic rings.